The van der Waals surface area contributed by atoms with Crippen molar-refractivity contribution in [2.75, 3.05) is 17.3 Å². The second kappa shape index (κ2) is 5.70. The summed E-state index contributed by atoms with van der Waals surface area (Å²) in [5.74, 6) is 0.0967. The second-order valence-corrected chi connectivity index (χ2v) is 6.36. The van der Waals surface area contributed by atoms with Crippen LogP contribution in [0, 0.1) is 0 Å². The Balaban J connectivity index is 1.96. The molecule has 1 aliphatic heterocycles. The zero-order valence-electron chi connectivity index (χ0n) is 11.4. The zero-order valence-corrected chi connectivity index (χ0v) is 13.8. The molecular weight excluding hydrogens is 352 g/mol. The van der Waals surface area contributed by atoms with E-state index < -0.39 is 0 Å². The van der Waals surface area contributed by atoms with Crippen molar-refractivity contribution in [2.24, 2.45) is 0 Å². The molecule has 0 bridgehead atoms. The van der Waals surface area contributed by atoms with Gasteiger partial charge in [0, 0.05) is 17.2 Å². The molecule has 2 aromatic carbocycles. The molecule has 0 saturated heterocycles. The minimum absolute atomic E-state index is 0.0661. The van der Waals surface area contributed by atoms with Gasteiger partial charge in [-0.25, -0.2) is 0 Å². The topological polar surface area (TPSA) is 32.3 Å². The Morgan fingerprint density at radius 2 is 2.05 bits per heavy atom. The van der Waals surface area contributed by atoms with Crippen LogP contribution in [0.15, 0.2) is 46.9 Å². The number of carbonyl (C=O) groups is 1. The maximum absolute atomic E-state index is 12.1. The van der Waals surface area contributed by atoms with Gasteiger partial charge in [0.05, 0.1) is 23.2 Å². The molecule has 1 aliphatic rings. The van der Waals surface area contributed by atoms with Gasteiger partial charge in [-0.15, -0.1) is 0 Å². The zero-order chi connectivity index (χ0) is 15.0. The van der Waals surface area contributed by atoms with Crippen LogP contribution in [0.2, 0.25) is 5.02 Å². The monoisotopic (exact) mass is 364 g/mol. The third kappa shape index (κ3) is 2.78. The SMILES string of the molecule is CN1C(=O)CC(Nc2ccc(Br)cc2Cl)c2ccccc21. The van der Waals surface area contributed by atoms with E-state index in [-0.39, 0.29) is 11.9 Å². The standard InChI is InChI=1S/C16H14BrClN2O/c1-20-15-5-3-2-4-11(15)14(9-16(20)21)19-13-7-6-10(17)8-12(13)18/h2-8,14,19H,9H2,1H3. The first-order chi connectivity index (χ1) is 10.1. The Morgan fingerprint density at radius 3 is 2.81 bits per heavy atom. The van der Waals surface area contributed by atoms with Crippen LogP contribution in [0.3, 0.4) is 0 Å². The molecular formula is C16H14BrClN2O. The van der Waals surface area contributed by atoms with Crippen molar-refractivity contribution in [1.29, 1.82) is 0 Å². The van der Waals surface area contributed by atoms with Crippen molar-refractivity contribution in [3.8, 4) is 0 Å². The first-order valence-corrected chi connectivity index (χ1v) is 7.80. The van der Waals surface area contributed by atoms with Crippen LogP contribution in [0.4, 0.5) is 11.4 Å². The lowest BCUT2D eigenvalue weighted by Crippen LogP contribution is -2.35. The summed E-state index contributed by atoms with van der Waals surface area (Å²) in [6, 6.07) is 13.6. The molecule has 0 fully saturated rings. The van der Waals surface area contributed by atoms with E-state index in [1.54, 1.807) is 4.90 Å². The molecule has 1 unspecified atom stereocenters. The van der Waals surface area contributed by atoms with Gasteiger partial charge in [0.2, 0.25) is 5.91 Å². The molecule has 3 nitrogen and oxygen atoms in total. The molecule has 0 spiro atoms. The van der Waals surface area contributed by atoms with Gasteiger partial charge in [-0.2, -0.15) is 0 Å². The Hall–Kier alpha value is -1.52. The summed E-state index contributed by atoms with van der Waals surface area (Å²) in [5, 5.41) is 4.02. The van der Waals surface area contributed by atoms with E-state index in [1.165, 1.54) is 0 Å². The Labute approximate surface area is 137 Å². The van der Waals surface area contributed by atoms with Crippen LogP contribution < -0.4 is 10.2 Å². The molecule has 2 aromatic rings. The number of rotatable bonds is 2. The van der Waals surface area contributed by atoms with Crippen molar-refractivity contribution in [3.05, 3.63) is 57.5 Å². The lowest BCUT2D eigenvalue weighted by Gasteiger charge is -2.32. The summed E-state index contributed by atoms with van der Waals surface area (Å²) in [5.41, 5.74) is 2.88. The molecule has 1 heterocycles. The average Bonchev–Trinajstić information content (AvgIpc) is 2.47. The van der Waals surface area contributed by atoms with Gasteiger partial charge in [-0.1, -0.05) is 45.7 Å². The molecule has 1 N–H and O–H groups in total. The maximum atomic E-state index is 12.1. The van der Waals surface area contributed by atoms with Gasteiger partial charge in [-0.3, -0.25) is 4.79 Å². The van der Waals surface area contributed by atoms with E-state index in [4.69, 9.17) is 11.6 Å². The summed E-state index contributed by atoms with van der Waals surface area (Å²) in [6.45, 7) is 0. The van der Waals surface area contributed by atoms with Crippen LogP contribution in [0.25, 0.3) is 0 Å². The Kier molecular flexibility index (Phi) is 3.91. The van der Waals surface area contributed by atoms with Crippen molar-refractivity contribution in [1.82, 2.24) is 0 Å². The molecule has 0 aliphatic carbocycles. The van der Waals surface area contributed by atoms with E-state index >= 15 is 0 Å². The first-order valence-electron chi connectivity index (χ1n) is 6.63. The van der Waals surface area contributed by atoms with Crippen LogP contribution in [0.1, 0.15) is 18.0 Å². The fraction of sp³-hybridized carbons (Fsp3) is 0.188. The molecule has 108 valence electrons. The third-order valence-electron chi connectivity index (χ3n) is 3.69. The van der Waals surface area contributed by atoms with Crippen LogP contribution in [-0.2, 0) is 4.79 Å². The highest BCUT2D eigenvalue weighted by atomic mass is 79.9. The highest BCUT2D eigenvalue weighted by Gasteiger charge is 2.29. The van der Waals surface area contributed by atoms with Gasteiger partial charge in [-0.05, 0) is 29.8 Å². The fourth-order valence-corrected chi connectivity index (χ4v) is 3.29. The predicted octanol–water partition coefficient (Wildman–Crippen LogP) is 4.62. The van der Waals surface area contributed by atoms with E-state index in [1.807, 2.05) is 49.5 Å². The van der Waals surface area contributed by atoms with Crippen molar-refractivity contribution in [2.45, 2.75) is 12.5 Å². The highest BCUT2D eigenvalue weighted by molar-refractivity contribution is 9.10. The van der Waals surface area contributed by atoms with Crippen LogP contribution in [0.5, 0.6) is 0 Å². The quantitative estimate of drug-likeness (QED) is 0.842. The first kappa shape index (κ1) is 14.4. The van der Waals surface area contributed by atoms with Crippen molar-refractivity contribution in [3.63, 3.8) is 0 Å². The normalized spacial score (nSPS) is 17.6. The number of benzene rings is 2. The summed E-state index contributed by atoms with van der Waals surface area (Å²) in [7, 11) is 1.81. The van der Waals surface area contributed by atoms with E-state index in [0.29, 0.717) is 11.4 Å². The van der Waals surface area contributed by atoms with Crippen molar-refractivity contribution >= 4 is 44.8 Å². The molecule has 0 radical (unpaired) electrons. The van der Waals surface area contributed by atoms with E-state index in [9.17, 15) is 4.79 Å². The summed E-state index contributed by atoms with van der Waals surface area (Å²) in [6.07, 6.45) is 0.417. The van der Waals surface area contributed by atoms with Gasteiger partial charge < -0.3 is 10.2 Å². The number of hydrogen-bond donors (Lipinski definition) is 1. The fourth-order valence-electron chi connectivity index (χ4n) is 2.57. The third-order valence-corrected chi connectivity index (χ3v) is 4.49. The lowest BCUT2D eigenvalue weighted by molar-refractivity contribution is -0.118. The van der Waals surface area contributed by atoms with Gasteiger partial charge in [0.15, 0.2) is 0 Å². The summed E-state index contributed by atoms with van der Waals surface area (Å²) in [4.78, 5) is 13.8. The smallest absolute Gasteiger partial charge is 0.229 e. The molecule has 0 saturated carbocycles. The number of anilines is 2. The minimum Gasteiger partial charge on any atom is -0.376 e. The van der Waals surface area contributed by atoms with E-state index in [0.717, 1.165) is 21.4 Å². The molecule has 5 heteroatoms. The largest absolute Gasteiger partial charge is 0.376 e. The molecule has 3 rings (SSSR count). The van der Waals surface area contributed by atoms with Gasteiger partial charge >= 0.3 is 0 Å². The lowest BCUT2D eigenvalue weighted by atomic mass is 9.96. The molecule has 21 heavy (non-hydrogen) atoms. The number of halogens is 2. The number of nitrogens with zero attached hydrogens (tertiary/aromatic N) is 1. The van der Waals surface area contributed by atoms with Gasteiger partial charge in [0.1, 0.15) is 0 Å². The van der Waals surface area contributed by atoms with Crippen molar-refractivity contribution < 1.29 is 4.79 Å². The molecule has 1 amide bonds. The Bertz CT molecular complexity index is 704. The predicted molar refractivity (Wildman–Crippen MR) is 90.0 cm³/mol. The molecule has 1 atom stereocenters. The highest BCUT2D eigenvalue weighted by Crippen LogP contribution is 2.37. The Morgan fingerprint density at radius 1 is 1.29 bits per heavy atom. The summed E-state index contributed by atoms with van der Waals surface area (Å²) < 4.78 is 0.929. The van der Waals surface area contributed by atoms with E-state index in [2.05, 4.69) is 21.2 Å². The number of amides is 1. The second-order valence-electron chi connectivity index (χ2n) is 5.04. The minimum atomic E-state index is -0.0661. The maximum Gasteiger partial charge on any atom is 0.229 e. The molecule has 0 aromatic heterocycles. The van der Waals surface area contributed by atoms with Gasteiger partial charge in [0.25, 0.3) is 0 Å². The number of para-hydroxylation sites is 1. The number of nitrogens with one attached hydrogen (secondary N) is 1. The summed E-state index contributed by atoms with van der Waals surface area (Å²) >= 11 is 9.64. The number of carbonyl (C=O) groups excluding carboxylic acids is 1. The number of hydrogen-bond acceptors (Lipinski definition) is 2. The number of fused-ring (bicyclic) bond motifs is 1. The average molecular weight is 366 g/mol. The van der Waals surface area contributed by atoms with Crippen LogP contribution in [-0.4, -0.2) is 13.0 Å². The van der Waals surface area contributed by atoms with Crippen LogP contribution >= 0.6 is 27.5 Å².